The van der Waals surface area contributed by atoms with Crippen molar-refractivity contribution in [3.63, 3.8) is 0 Å². The third-order valence-corrected chi connectivity index (χ3v) is 1.58. The molecule has 0 bridgehead atoms. The monoisotopic (exact) mass is 197 g/mol. The minimum Gasteiger partial charge on any atom is -0.490 e. The molecule has 0 saturated carbocycles. The second-order valence-corrected chi connectivity index (χ2v) is 2.52. The largest absolute Gasteiger partial charge is 0.490 e. The summed E-state index contributed by atoms with van der Waals surface area (Å²) < 4.78 is 5.15. The van der Waals surface area contributed by atoms with Crippen LogP contribution in [-0.4, -0.2) is 24.3 Å². The van der Waals surface area contributed by atoms with Gasteiger partial charge in [0.1, 0.15) is 24.5 Å². The zero-order valence-corrected chi connectivity index (χ0v) is 7.47. The molecule has 0 radical (unpaired) electrons. The molecule has 5 nitrogen and oxygen atoms in total. The fraction of sp³-hybridized carbons (Fsp3) is 0.222. The molecule has 0 heterocycles. The van der Waals surface area contributed by atoms with Crippen molar-refractivity contribution in [3.8, 4) is 5.75 Å². The summed E-state index contributed by atoms with van der Waals surface area (Å²) in [5.41, 5.74) is 0.129. The predicted octanol–water partition coefficient (Wildman–Crippen LogP) is 0.654. The predicted molar refractivity (Wildman–Crippen MR) is 49.0 cm³/mol. The van der Waals surface area contributed by atoms with Crippen LogP contribution in [0, 0.1) is 0 Å². The van der Waals surface area contributed by atoms with Crippen molar-refractivity contribution in [2.75, 3.05) is 13.2 Å². The molecule has 0 aliphatic heterocycles. The Morgan fingerprint density at radius 3 is 2.71 bits per heavy atom. The summed E-state index contributed by atoms with van der Waals surface area (Å²) in [5, 5.41) is 8.79. The fourth-order valence-electron chi connectivity index (χ4n) is 0.969. The summed E-state index contributed by atoms with van der Waals surface area (Å²) in [6, 6.07) is 6.39. The van der Waals surface area contributed by atoms with Crippen LogP contribution in [0.25, 0.3) is 0 Å². The van der Waals surface area contributed by atoms with Crippen molar-refractivity contribution in [2.45, 2.75) is 0 Å². The van der Waals surface area contributed by atoms with Crippen LogP contribution in [0.3, 0.4) is 0 Å². The van der Waals surface area contributed by atoms with Crippen LogP contribution in [0.4, 0.5) is 0 Å². The summed E-state index contributed by atoms with van der Waals surface area (Å²) in [4.78, 5) is 15.0. The van der Waals surface area contributed by atoms with Crippen molar-refractivity contribution in [1.82, 2.24) is 0 Å². The normalized spacial score (nSPS) is 9.79. The number of ether oxygens (including phenoxy) is 1. The summed E-state index contributed by atoms with van der Waals surface area (Å²) >= 11 is 0. The van der Waals surface area contributed by atoms with Gasteiger partial charge in [0.15, 0.2) is 0 Å². The summed E-state index contributed by atoms with van der Waals surface area (Å²) in [6.07, 6.45) is 0. The highest BCUT2D eigenvalue weighted by molar-refractivity contribution is 5.90. The van der Waals surface area contributed by atoms with Crippen LogP contribution >= 0.6 is 0 Å². The zero-order valence-electron chi connectivity index (χ0n) is 7.47. The molecule has 0 fully saturated rings. The van der Waals surface area contributed by atoms with Crippen molar-refractivity contribution >= 4 is 5.97 Å². The standard InChI is InChI=1S/C9H11NO4/c10-14-6-5-13-8-4-2-1-3-7(8)9(11)12/h1-4H,5-6,10H2,(H,11,12). The number of hydrogen-bond acceptors (Lipinski definition) is 4. The van der Waals surface area contributed by atoms with E-state index in [-0.39, 0.29) is 18.8 Å². The van der Waals surface area contributed by atoms with E-state index in [0.29, 0.717) is 5.75 Å². The van der Waals surface area contributed by atoms with Gasteiger partial charge in [-0.25, -0.2) is 10.7 Å². The quantitative estimate of drug-likeness (QED) is 0.535. The maximum Gasteiger partial charge on any atom is 0.339 e. The third-order valence-electron chi connectivity index (χ3n) is 1.58. The van der Waals surface area contributed by atoms with Gasteiger partial charge in [-0.1, -0.05) is 12.1 Å². The van der Waals surface area contributed by atoms with E-state index in [1.165, 1.54) is 6.07 Å². The molecular formula is C9H11NO4. The van der Waals surface area contributed by atoms with Crippen molar-refractivity contribution in [1.29, 1.82) is 0 Å². The number of hydrogen-bond donors (Lipinski definition) is 2. The molecule has 0 unspecified atom stereocenters. The number of rotatable bonds is 5. The molecule has 0 aromatic heterocycles. The van der Waals surface area contributed by atoms with E-state index in [9.17, 15) is 4.79 Å². The zero-order chi connectivity index (χ0) is 10.4. The lowest BCUT2D eigenvalue weighted by molar-refractivity contribution is 0.0686. The van der Waals surface area contributed by atoms with Gasteiger partial charge in [-0.05, 0) is 12.1 Å². The first-order valence-electron chi connectivity index (χ1n) is 4.02. The molecule has 14 heavy (non-hydrogen) atoms. The van der Waals surface area contributed by atoms with Crippen molar-refractivity contribution < 1.29 is 19.5 Å². The Balaban J connectivity index is 2.69. The van der Waals surface area contributed by atoms with Crippen LogP contribution < -0.4 is 10.6 Å². The average Bonchev–Trinajstić information content (AvgIpc) is 2.19. The molecule has 5 heteroatoms. The van der Waals surface area contributed by atoms with Gasteiger partial charge in [0.05, 0.1) is 0 Å². The van der Waals surface area contributed by atoms with E-state index in [1.54, 1.807) is 18.2 Å². The van der Waals surface area contributed by atoms with E-state index in [4.69, 9.17) is 15.7 Å². The van der Waals surface area contributed by atoms with Crippen LogP contribution in [0.1, 0.15) is 10.4 Å². The number of nitrogens with two attached hydrogens (primary N) is 1. The Hall–Kier alpha value is -1.59. The Labute approximate surface area is 81.0 Å². The molecule has 76 valence electrons. The fourth-order valence-corrected chi connectivity index (χ4v) is 0.969. The Bertz CT molecular complexity index is 313. The highest BCUT2D eigenvalue weighted by Crippen LogP contribution is 2.17. The van der Waals surface area contributed by atoms with Crippen molar-refractivity contribution in [3.05, 3.63) is 29.8 Å². The average molecular weight is 197 g/mol. The third kappa shape index (κ3) is 2.72. The summed E-state index contributed by atoms with van der Waals surface area (Å²) in [6.45, 7) is 0.439. The number of para-hydroxylation sites is 1. The Morgan fingerprint density at radius 2 is 2.07 bits per heavy atom. The van der Waals surface area contributed by atoms with Gasteiger partial charge in [0.25, 0.3) is 0 Å². The Kier molecular flexibility index (Phi) is 3.90. The molecule has 1 aromatic carbocycles. The minimum atomic E-state index is -1.02. The van der Waals surface area contributed by atoms with Gasteiger partial charge in [-0.3, -0.25) is 0 Å². The smallest absolute Gasteiger partial charge is 0.339 e. The van der Waals surface area contributed by atoms with Crippen LogP contribution in [0.15, 0.2) is 24.3 Å². The molecular weight excluding hydrogens is 186 g/mol. The molecule has 0 saturated heterocycles. The number of benzene rings is 1. The molecule has 1 aromatic rings. The van der Waals surface area contributed by atoms with E-state index in [0.717, 1.165) is 0 Å². The SMILES string of the molecule is NOCCOc1ccccc1C(=O)O. The number of carboxylic acids is 1. The van der Waals surface area contributed by atoms with Gasteiger partial charge in [-0.2, -0.15) is 0 Å². The maximum atomic E-state index is 10.7. The topological polar surface area (TPSA) is 81.8 Å². The van der Waals surface area contributed by atoms with Gasteiger partial charge in [-0.15, -0.1) is 0 Å². The Morgan fingerprint density at radius 1 is 1.36 bits per heavy atom. The van der Waals surface area contributed by atoms with Gasteiger partial charge in [0.2, 0.25) is 0 Å². The highest BCUT2D eigenvalue weighted by Gasteiger charge is 2.09. The van der Waals surface area contributed by atoms with E-state index in [1.807, 2.05) is 0 Å². The molecule has 0 aliphatic carbocycles. The van der Waals surface area contributed by atoms with E-state index < -0.39 is 5.97 Å². The molecule has 0 aliphatic rings. The lowest BCUT2D eigenvalue weighted by atomic mass is 10.2. The molecule has 1 rings (SSSR count). The lowest BCUT2D eigenvalue weighted by Crippen LogP contribution is -2.11. The summed E-state index contributed by atoms with van der Waals surface area (Å²) in [5.74, 6) is 4.09. The molecule has 3 N–H and O–H groups in total. The minimum absolute atomic E-state index is 0.129. The summed E-state index contributed by atoms with van der Waals surface area (Å²) in [7, 11) is 0. The number of carbonyl (C=O) groups is 1. The van der Waals surface area contributed by atoms with Crippen LogP contribution in [0.5, 0.6) is 5.75 Å². The van der Waals surface area contributed by atoms with Gasteiger partial charge >= 0.3 is 5.97 Å². The first-order valence-corrected chi connectivity index (χ1v) is 4.02. The number of carboxylic acid groups (broad SMARTS) is 1. The molecule has 0 amide bonds. The second kappa shape index (κ2) is 5.21. The maximum absolute atomic E-state index is 10.7. The highest BCUT2D eigenvalue weighted by atomic mass is 16.6. The number of aromatic carboxylic acids is 1. The van der Waals surface area contributed by atoms with E-state index in [2.05, 4.69) is 4.84 Å². The van der Waals surface area contributed by atoms with E-state index >= 15 is 0 Å². The van der Waals surface area contributed by atoms with Gasteiger partial charge < -0.3 is 14.7 Å². The molecule has 0 atom stereocenters. The van der Waals surface area contributed by atoms with Gasteiger partial charge in [0, 0.05) is 0 Å². The second-order valence-electron chi connectivity index (χ2n) is 2.52. The first-order chi connectivity index (χ1) is 6.75. The van der Waals surface area contributed by atoms with Crippen LogP contribution in [0.2, 0.25) is 0 Å². The van der Waals surface area contributed by atoms with Crippen LogP contribution in [-0.2, 0) is 4.84 Å². The first kappa shape index (κ1) is 10.5. The molecule has 0 spiro atoms. The van der Waals surface area contributed by atoms with Crippen molar-refractivity contribution in [2.24, 2.45) is 5.90 Å². The lowest BCUT2D eigenvalue weighted by Gasteiger charge is -2.07.